The summed E-state index contributed by atoms with van der Waals surface area (Å²) < 4.78 is 5.18. The van der Waals surface area contributed by atoms with Crippen LogP contribution in [0.5, 0.6) is 0 Å². The average Bonchev–Trinajstić information content (AvgIpc) is 2.36. The number of amides is 1. The standard InChI is InChI=1S/C15H18N2O3/c1-10(14(19)20-15(2,3)4)17-13(18)12-7-5-11(9-16)6-8-12/h5-8,10H,1-4H3,(H,17,18)/t10-/m0/s1. The molecule has 5 heteroatoms. The topological polar surface area (TPSA) is 79.2 Å². The maximum absolute atomic E-state index is 11.9. The van der Waals surface area contributed by atoms with Crippen LogP contribution in [-0.2, 0) is 9.53 Å². The Labute approximate surface area is 118 Å². The molecule has 0 aliphatic carbocycles. The van der Waals surface area contributed by atoms with Crippen molar-refractivity contribution in [1.82, 2.24) is 5.32 Å². The Morgan fingerprint density at radius 3 is 2.25 bits per heavy atom. The van der Waals surface area contributed by atoms with Crippen LogP contribution in [0.15, 0.2) is 24.3 Å². The van der Waals surface area contributed by atoms with Crippen LogP contribution >= 0.6 is 0 Å². The number of nitrogens with zero attached hydrogens (tertiary/aromatic N) is 1. The fourth-order valence-corrected chi connectivity index (χ4v) is 1.43. The van der Waals surface area contributed by atoms with Gasteiger partial charge in [0.05, 0.1) is 11.6 Å². The number of rotatable bonds is 3. The van der Waals surface area contributed by atoms with Gasteiger partial charge >= 0.3 is 5.97 Å². The van der Waals surface area contributed by atoms with Gasteiger partial charge in [-0.05, 0) is 52.0 Å². The van der Waals surface area contributed by atoms with Crippen molar-refractivity contribution in [3.8, 4) is 6.07 Å². The molecule has 1 aromatic rings. The smallest absolute Gasteiger partial charge is 0.328 e. The van der Waals surface area contributed by atoms with Gasteiger partial charge < -0.3 is 10.1 Å². The fourth-order valence-electron chi connectivity index (χ4n) is 1.43. The summed E-state index contributed by atoms with van der Waals surface area (Å²) in [7, 11) is 0. The van der Waals surface area contributed by atoms with Crippen LogP contribution in [-0.4, -0.2) is 23.5 Å². The van der Waals surface area contributed by atoms with E-state index in [9.17, 15) is 9.59 Å². The molecule has 0 bridgehead atoms. The molecule has 0 spiro atoms. The van der Waals surface area contributed by atoms with Crippen molar-refractivity contribution in [2.24, 2.45) is 0 Å². The molecule has 0 fully saturated rings. The van der Waals surface area contributed by atoms with Gasteiger partial charge in [-0.2, -0.15) is 5.26 Å². The van der Waals surface area contributed by atoms with E-state index in [-0.39, 0.29) is 5.91 Å². The summed E-state index contributed by atoms with van der Waals surface area (Å²) in [6.45, 7) is 6.86. The Morgan fingerprint density at radius 1 is 1.25 bits per heavy atom. The Kier molecular flexibility index (Phi) is 4.87. The molecule has 1 N–H and O–H groups in total. The Bertz CT molecular complexity index is 536. The van der Waals surface area contributed by atoms with Crippen molar-refractivity contribution in [3.05, 3.63) is 35.4 Å². The summed E-state index contributed by atoms with van der Waals surface area (Å²) in [5, 5.41) is 11.2. The van der Waals surface area contributed by atoms with Crippen LogP contribution in [0.1, 0.15) is 43.6 Å². The van der Waals surface area contributed by atoms with Gasteiger partial charge in [0.2, 0.25) is 0 Å². The molecule has 0 aliphatic heterocycles. The molecule has 1 amide bonds. The van der Waals surface area contributed by atoms with Crippen LogP contribution in [0.25, 0.3) is 0 Å². The van der Waals surface area contributed by atoms with E-state index >= 15 is 0 Å². The second-order valence-electron chi connectivity index (χ2n) is 5.42. The average molecular weight is 274 g/mol. The number of ether oxygens (including phenoxy) is 1. The lowest BCUT2D eigenvalue weighted by molar-refractivity contribution is -0.156. The number of carbonyl (C=O) groups excluding carboxylic acids is 2. The molecule has 0 aromatic heterocycles. The highest BCUT2D eigenvalue weighted by Crippen LogP contribution is 2.09. The van der Waals surface area contributed by atoms with Gasteiger partial charge in [-0.1, -0.05) is 0 Å². The zero-order valence-corrected chi connectivity index (χ0v) is 12.1. The molecule has 5 nitrogen and oxygen atoms in total. The summed E-state index contributed by atoms with van der Waals surface area (Å²) in [6.07, 6.45) is 0. The summed E-state index contributed by atoms with van der Waals surface area (Å²) in [6, 6.07) is 7.41. The predicted molar refractivity (Wildman–Crippen MR) is 73.9 cm³/mol. The number of carbonyl (C=O) groups is 2. The third-order valence-electron chi connectivity index (χ3n) is 2.38. The predicted octanol–water partition coefficient (Wildman–Crippen LogP) is 2.02. The molecule has 0 saturated carbocycles. The van der Waals surface area contributed by atoms with E-state index in [4.69, 9.17) is 10.00 Å². The van der Waals surface area contributed by atoms with Crippen molar-refractivity contribution in [1.29, 1.82) is 5.26 Å². The highest BCUT2D eigenvalue weighted by atomic mass is 16.6. The number of nitriles is 1. The van der Waals surface area contributed by atoms with Crippen LogP contribution in [0.2, 0.25) is 0 Å². The Hall–Kier alpha value is -2.35. The molecule has 20 heavy (non-hydrogen) atoms. The Morgan fingerprint density at radius 2 is 1.80 bits per heavy atom. The zero-order chi connectivity index (χ0) is 15.3. The van der Waals surface area contributed by atoms with E-state index in [0.29, 0.717) is 11.1 Å². The quantitative estimate of drug-likeness (QED) is 0.855. The van der Waals surface area contributed by atoms with Gasteiger partial charge in [-0.15, -0.1) is 0 Å². The molecule has 106 valence electrons. The van der Waals surface area contributed by atoms with E-state index in [1.165, 1.54) is 12.1 Å². The van der Waals surface area contributed by atoms with Crippen molar-refractivity contribution >= 4 is 11.9 Å². The maximum Gasteiger partial charge on any atom is 0.328 e. The highest BCUT2D eigenvalue weighted by molar-refractivity contribution is 5.96. The van der Waals surface area contributed by atoms with Gasteiger partial charge in [-0.3, -0.25) is 4.79 Å². The van der Waals surface area contributed by atoms with Gasteiger partial charge in [0.25, 0.3) is 5.91 Å². The molecule has 0 radical (unpaired) electrons. The van der Waals surface area contributed by atoms with E-state index < -0.39 is 17.6 Å². The van der Waals surface area contributed by atoms with Gasteiger partial charge in [0, 0.05) is 5.56 Å². The number of nitrogens with one attached hydrogen (secondary N) is 1. The summed E-state index contributed by atoms with van der Waals surface area (Å²) >= 11 is 0. The fraction of sp³-hybridized carbons (Fsp3) is 0.400. The summed E-state index contributed by atoms with van der Waals surface area (Å²) in [5.74, 6) is -0.868. The van der Waals surface area contributed by atoms with Crippen LogP contribution in [0, 0.1) is 11.3 Å². The normalized spacial score (nSPS) is 12.2. The van der Waals surface area contributed by atoms with E-state index in [1.807, 2.05) is 6.07 Å². The largest absolute Gasteiger partial charge is 0.458 e. The molecule has 0 unspecified atom stereocenters. The van der Waals surface area contributed by atoms with E-state index in [0.717, 1.165) is 0 Å². The molecule has 0 saturated heterocycles. The van der Waals surface area contributed by atoms with Crippen LogP contribution < -0.4 is 5.32 Å². The lowest BCUT2D eigenvalue weighted by Gasteiger charge is -2.22. The SMILES string of the molecule is C[C@H](NC(=O)c1ccc(C#N)cc1)C(=O)OC(C)(C)C. The zero-order valence-electron chi connectivity index (χ0n) is 12.1. The first-order valence-electron chi connectivity index (χ1n) is 6.27. The highest BCUT2D eigenvalue weighted by Gasteiger charge is 2.23. The van der Waals surface area contributed by atoms with E-state index in [2.05, 4.69) is 5.32 Å². The van der Waals surface area contributed by atoms with Crippen molar-refractivity contribution < 1.29 is 14.3 Å². The van der Waals surface area contributed by atoms with Crippen molar-refractivity contribution in [3.63, 3.8) is 0 Å². The van der Waals surface area contributed by atoms with Gasteiger partial charge in [0.15, 0.2) is 0 Å². The second-order valence-corrected chi connectivity index (χ2v) is 5.42. The molecule has 1 aromatic carbocycles. The van der Waals surface area contributed by atoms with Crippen LogP contribution in [0.3, 0.4) is 0 Å². The molecule has 0 aliphatic rings. The third kappa shape index (κ3) is 4.73. The minimum Gasteiger partial charge on any atom is -0.458 e. The molecular formula is C15H18N2O3. The first-order chi connectivity index (χ1) is 9.23. The van der Waals surface area contributed by atoms with Crippen LogP contribution in [0.4, 0.5) is 0 Å². The minimum absolute atomic E-state index is 0.382. The molecule has 1 rings (SSSR count). The maximum atomic E-state index is 11.9. The van der Waals surface area contributed by atoms with E-state index in [1.54, 1.807) is 39.8 Å². The van der Waals surface area contributed by atoms with Crippen molar-refractivity contribution in [2.45, 2.75) is 39.3 Å². The monoisotopic (exact) mass is 274 g/mol. The first kappa shape index (κ1) is 15.7. The second kappa shape index (κ2) is 6.20. The lowest BCUT2D eigenvalue weighted by atomic mass is 10.1. The molecule has 0 heterocycles. The number of hydrogen-bond donors (Lipinski definition) is 1. The number of hydrogen-bond acceptors (Lipinski definition) is 4. The molecule has 1 atom stereocenters. The van der Waals surface area contributed by atoms with Gasteiger partial charge in [0.1, 0.15) is 11.6 Å². The first-order valence-corrected chi connectivity index (χ1v) is 6.27. The number of esters is 1. The van der Waals surface area contributed by atoms with Gasteiger partial charge in [-0.25, -0.2) is 4.79 Å². The minimum atomic E-state index is -0.739. The summed E-state index contributed by atoms with van der Waals surface area (Å²) in [5.41, 5.74) is 0.269. The number of benzene rings is 1. The summed E-state index contributed by atoms with van der Waals surface area (Å²) in [4.78, 5) is 23.7. The lowest BCUT2D eigenvalue weighted by Crippen LogP contribution is -2.42. The third-order valence-corrected chi connectivity index (χ3v) is 2.38. The Balaban J connectivity index is 2.65. The molecular weight excluding hydrogens is 256 g/mol. The van der Waals surface area contributed by atoms with Crippen molar-refractivity contribution in [2.75, 3.05) is 0 Å².